The molecule has 0 aliphatic heterocycles. The van der Waals surface area contributed by atoms with Gasteiger partial charge in [-0.2, -0.15) is 5.10 Å². The lowest BCUT2D eigenvalue weighted by Gasteiger charge is -2.03. The van der Waals surface area contributed by atoms with Crippen LogP contribution in [-0.4, -0.2) is 37.2 Å². The maximum Gasteiger partial charge on any atom is 0.250 e. The Morgan fingerprint density at radius 3 is 2.95 bits per heavy atom. The Kier molecular flexibility index (Phi) is 4.64. The first-order chi connectivity index (χ1) is 9.12. The molecule has 2 aromatic rings. The summed E-state index contributed by atoms with van der Waals surface area (Å²) in [6.45, 7) is 0.953. The second-order valence-corrected chi connectivity index (χ2v) is 6.99. The second-order valence-electron chi connectivity index (χ2n) is 3.83. The lowest BCUT2D eigenvalue weighted by Crippen LogP contribution is -2.25. The molecule has 0 aromatic carbocycles. The van der Waals surface area contributed by atoms with Gasteiger partial charge in [0.25, 0.3) is 0 Å². The highest BCUT2D eigenvalue weighted by molar-refractivity contribution is 7.91. The van der Waals surface area contributed by atoms with E-state index in [2.05, 4.69) is 25.2 Å². The maximum atomic E-state index is 12.0. The van der Waals surface area contributed by atoms with Crippen molar-refractivity contribution in [2.24, 2.45) is 0 Å². The van der Waals surface area contributed by atoms with Gasteiger partial charge >= 0.3 is 0 Å². The van der Waals surface area contributed by atoms with Crippen molar-refractivity contribution in [3.8, 4) is 0 Å². The minimum absolute atomic E-state index is 0.288. The number of hydrogen-bond donors (Lipinski definition) is 3. The molecule has 9 heteroatoms. The van der Waals surface area contributed by atoms with Crippen LogP contribution < -0.4 is 10.0 Å². The van der Waals surface area contributed by atoms with E-state index in [1.54, 1.807) is 6.07 Å². The van der Waals surface area contributed by atoms with E-state index in [9.17, 15) is 8.42 Å². The van der Waals surface area contributed by atoms with Crippen LogP contribution in [0.25, 0.3) is 0 Å². The van der Waals surface area contributed by atoms with Crippen molar-refractivity contribution in [1.29, 1.82) is 0 Å². The molecule has 3 N–H and O–H groups in total. The van der Waals surface area contributed by atoms with Gasteiger partial charge in [-0.25, -0.2) is 18.1 Å². The molecule has 7 nitrogen and oxygen atoms in total. The van der Waals surface area contributed by atoms with Gasteiger partial charge in [0.1, 0.15) is 16.4 Å². The molecule has 2 rings (SSSR count). The molecule has 0 saturated heterocycles. The minimum atomic E-state index is -3.43. The fraction of sp³-hybridized carbons (Fsp3) is 0.400. The molecule has 104 valence electrons. The molecular formula is C10H15N5O2S2. The van der Waals surface area contributed by atoms with Crippen molar-refractivity contribution >= 4 is 21.4 Å². The zero-order valence-electron chi connectivity index (χ0n) is 10.4. The van der Waals surface area contributed by atoms with Crippen LogP contribution in [0.15, 0.2) is 22.7 Å². The van der Waals surface area contributed by atoms with E-state index in [0.717, 1.165) is 4.88 Å². The van der Waals surface area contributed by atoms with E-state index >= 15 is 0 Å². The topological polar surface area (TPSA) is 99.8 Å². The predicted molar refractivity (Wildman–Crippen MR) is 72.4 cm³/mol. The first kappa shape index (κ1) is 14.1. The molecule has 0 spiro atoms. The third-order valence-electron chi connectivity index (χ3n) is 2.37. The Bertz CT molecular complexity index is 606. The molecule has 2 aromatic heterocycles. The van der Waals surface area contributed by atoms with Crippen LogP contribution in [0.5, 0.6) is 0 Å². The van der Waals surface area contributed by atoms with Crippen molar-refractivity contribution in [2.45, 2.75) is 17.2 Å². The summed E-state index contributed by atoms with van der Waals surface area (Å²) >= 11 is 1.26. The Balaban J connectivity index is 1.93. The molecule has 0 amide bonds. The van der Waals surface area contributed by atoms with E-state index in [4.69, 9.17) is 0 Å². The van der Waals surface area contributed by atoms with Crippen molar-refractivity contribution < 1.29 is 8.42 Å². The molecule has 0 fully saturated rings. The van der Waals surface area contributed by atoms with Crippen LogP contribution in [0.3, 0.4) is 0 Å². The van der Waals surface area contributed by atoms with Gasteiger partial charge in [-0.15, -0.1) is 11.3 Å². The Morgan fingerprint density at radius 2 is 2.26 bits per heavy atom. The second kappa shape index (κ2) is 6.24. The summed E-state index contributed by atoms with van der Waals surface area (Å²) in [5.41, 5.74) is 0. The van der Waals surface area contributed by atoms with E-state index in [-0.39, 0.29) is 6.54 Å². The Hall–Kier alpha value is -1.29. The number of thiophene rings is 1. The fourth-order valence-electron chi connectivity index (χ4n) is 1.50. The van der Waals surface area contributed by atoms with Gasteiger partial charge < -0.3 is 5.32 Å². The number of hydrogen-bond acceptors (Lipinski definition) is 6. The fourth-order valence-corrected chi connectivity index (χ4v) is 3.94. The molecular weight excluding hydrogens is 286 g/mol. The summed E-state index contributed by atoms with van der Waals surface area (Å²) < 4.78 is 26.9. The van der Waals surface area contributed by atoms with E-state index < -0.39 is 10.0 Å². The lowest BCUT2D eigenvalue weighted by molar-refractivity contribution is 0.583. The molecule has 0 aliphatic carbocycles. The van der Waals surface area contributed by atoms with E-state index in [1.807, 2.05) is 13.1 Å². The van der Waals surface area contributed by atoms with Crippen molar-refractivity contribution in [3.63, 3.8) is 0 Å². The van der Waals surface area contributed by atoms with Crippen LogP contribution in [0, 0.1) is 0 Å². The van der Waals surface area contributed by atoms with Gasteiger partial charge in [-0.1, -0.05) is 0 Å². The number of H-pyrrole nitrogens is 1. The van der Waals surface area contributed by atoms with Gasteiger partial charge in [0.2, 0.25) is 10.0 Å². The lowest BCUT2D eigenvalue weighted by atomic mass is 10.4. The first-order valence-corrected chi connectivity index (χ1v) is 7.99. The van der Waals surface area contributed by atoms with Crippen LogP contribution in [0.2, 0.25) is 0 Å². The summed E-state index contributed by atoms with van der Waals surface area (Å²) in [6.07, 6.45) is 1.88. The number of nitrogens with zero attached hydrogens (tertiary/aromatic N) is 2. The average Bonchev–Trinajstić information content (AvgIpc) is 3.00. The largest absolute Gasteiger partial charge is 0.315 e. The quantitative estimate of drug-likeness (QED) is 0.674. The van der Waals surface area contributed by atoms with Gasteiger partial charge in [0.05, 0.1) is 0 Å². The molecule has 0 aliphatic rings. The van der Waals surface area contributed by atoms with E-state index in [0.29, 0.717) is 23.0 Å². The van der Waals surface area contributed by atoms with Gasteiger partial charge in [-0.3, -0.25) is 5.10 Å². The summed E-state index contributed by atoms with van der Waals surface area (Å²) in [5, 5.41) is 9.37. The summed E-state index contributed by atoms with van der Waals surface area (Å²) in [5.74, 6) is 0.657. The molecule has 0 bridgehead atoms. The normalized spacial score (nSPS) is 11.8. The number of aromatic nitrogens is 3. The van der Waals surface area contributed by atoms with Crippen LogP contribution in [-0.2, 0) is 23.0 Å². The predicted octanol–water partition coefficient (Wildman–Crippen LogP) is 0.107. The number of aromatic amines is 1. The first-order valence-electron chi connectivity index (χ1n) is 5.69. The standard InChI is InChI=1S/C10H15N5O2S2/c1-11-6-8-2-3-10(18-8)19(16,17)14-5-4-9-12-7-13-15-9/h2-3,7,11,14H,4-6H2,1H3,(H,12,13,15). The van der Waals surface area contributed by atoms with Crippen molar-refractivity contribution in [3.05, 3.63) is 29.2 Å². The zero-order chi connectivity index (χ0) is 13.7. The number of sulfonamides is 1. The summed E-state index contributed by atoms with van der Waals surface area (Å²) in [7, 11) is -1.61. The SMILES string of the molecule is CNCc1ccc(S(=O)(=O)NCCc2ncn[nH]2)s1. The zero-order valence-corrected chi connectivity index (χ0v) is 12.0. The number of nitrogens with one attached hydrogen (secondary N) is 3. The molecule has 0 saturated carbocycles. The van der Waals surface area contributed by atoms with E-state index in [1.165, 1.54) is 17.7 Å². The van der Waals surface area contributed by atoms with Gasteiger partial charge in [0, 0.05) is 24.4 Å². The highest BCUT2D eigenvalue weighted by Gasteiger charge is 2.16. The smallest absolute Gasteiger partial charge is 0.250 e. The van der Waals surface area contributed by atoms with Crippen molar-refractivity contribution in [1.82, 2.24) is 25.2 Å². The molecule has 19 heavy (non-hydrogen) atoms. The summed E-state index contributed by atoms with van der Waals surface area (Å²) in [6, 6.07) is 3.43. The Morgan fingerprint density at radius 1 is 1.42 bits per heavy atom. The molecule has 0 unspecified atom stereocenters. The van der Waals surface area contributed by atoms with Crippen LogP contribution >= 0.6 is 11.3 Å². The molecule has 0 atom stereocenters. The minimum Gasteiger partial charge on any atom is -0.315 e. The highest BCUT2D eigenvalue weighted by atomic mass is 32.2. The third kappa shape index (κ3) is 3.83. The summed E-state index contributed by atoms with van der Waals surface area (Å²) in [4.78, 5) is 4.91. The third-order valence-corrected chi connectivity index (χ3v) is 5.41. The highest BCUT2D eigenvalue weighted by Crippen LogP contribution is 2.21. The van der Waals surface area contributed by atoms with Crippen LogP contribution in [0.4, 0.5) is 0 Å². The average molecular weight is 301 g/mol. The maximum absolute atomic E-state index is 12.0. The molecule has 0 radical (unpaired) electrons. The number of rotatable bonds is 7. The Labute approximate surface area is 115 Å². The van der Waals surface area contributed by atoms with Gasteiger partial charge in [0.15, 0.2) is 0 Å². The van der Waals surface area contributed by atoms with Gasteiger partial charge in [-0.05, 0) is 19.2 Å². The molecule has 2 heterocycles. The van der Waals surface area contributed by atoms with Crippen molar-refractivity contribution in [2.75, 3.05) is 13.6 Å². The monoisotopic (exact) mass is 301 g/mol. The van der Waals surface area contributed by atoms with Crippen LogP contribution in [0.1, 0.15) is 10.7 Å².